The van der Waals surface area contributed by atoms with Crippen LogP contribution in [0.15, 0.2) is 59.7 Å². The molecule has 0 bridgehead atoms. The molecule has 2 aromatic carbocycles. The van der Waals surface area contributed by atoms with Gasteiger partial charge in [-0.3, -0.25) is 9.89 Å². The molecular weight excluding hydrogens is 331 g/mol. The second kappa shape index (κ2) is 7.74. The Morgan fingerprint density at radius 2 is 1.85 bits per heavy atom. The molecule has 0 aliphatic carbocycles. The number of nitrogens with one attached hydrogen (secondary N) is 2. The molecule has 6 heteroatoms. The first-order valence-electron chi connectivity index (χ1n) is 8.27. The molecule has 5 nitrogen and oxygen atoms in total. The van der Waals surface area contributed by atoms with Gasteiger partial charge >= 0.3 is 0 Å². The summed E-state index contributed by atoms with van der Waals surface area (Å²) in [5.41, 5.74) is 6.15. The van der Waals surface area contributed by atoms with Gasteiger partial charge in [0.2, 0.25) is 0 Å². The maximum absolute atomic E-state index is 13.0. The van der Waals surface area contributed by atoms with Crippen molar-refractivity contribution < 1.29 is 9.18 Å². The van der Waals surface area contributed by atoms with Gasteiger partial charge in [0, 0.05) is 5.56 Å². The van der Waals surface area contributed by atoms with E-state index in [2.05, 4.69) is 34.6 Å². The number of carbonyl (C=O) groups is 1. The zero-order chi connectivity index (χ0) is 18.5. The lowest BCUT2D eigenvalue weighted by Crippen LogP contribution is -2.18. The maximum atomic E-state index is 13.0. The molecule has 26 heavy (non-hydrogen) atoms. The molecule has 0 spiro atoms. The summed E-state index contributed by atoms with van der Waals surface area (Å²) >= 11 is 0. The SMILES string of the molecule is CC(C)c1ccc(/C=N/NC(=O)c2cc(-c3ccc(F)cc3)n[nH]2)cc1. The van der Waals surface area contributed by atoms with Crippen LogP contribution in [-0.4, -0.2) is 22.3 Å². The van der Waals surface area contributed by atoms with E-state index in [0.717, 1.165) is 11.1 Å². The number of H-pyrrole nitrogens is 1. The first-order chi connectivity index (χ1) is 12.5. The molecule has 0 saturated heterocycles. The van der Waals surface area contributed by atoms with Crippen molar-refractivity contribution in [3.8, 4) is 11.3 Å². The molecule has 0 unspecified atom stereocenters. The largest absolute Gasteiger partial charge is 0.289 e. The van der Waals surface area contributed by atoms with Crippen LogP contribution in [0.2, 0.25) is 0 Å². The van der Waals surface area contributed by atoms with Crippen molar-refractivity contribution in [2.45, 2.75) is 19.8 Å². The Morgan fingerprint density at radius 3 is 2.50 bits per heavy atom. The monoisotopic (exact) mass is 350 g/mol. The Morgan fingerprint density at radius 1 is 1.15 bits per heavy atom. The summed E-state index contributed by atoms with van der Waals surface area (Å²) < 4.78 is 13.0. The number of amides is 1. The van der Waals surface area contributed by atoms with Gasteiger partial charge in [0.1, 0.15) is 11.5 Å². The second-order valence-corrected chi connectivity index (χ2v) is 6.19. The standard InChI is InChI=1S/C20H19FN4O/c1-13(2)15-5-3-14(4-6-15)12-22-25-20(26)19-11-18(23-24-19)16-7-9-17(21)10-8-16/h3-13H,1-2H3,(H,23,24)(H,25,26)/b22-12+. The number of rotatable bonds is 5. The second-order valence-electron chi connectivity index (χ2n) is 6.19. The van der Waals surface area contributed by atoms with Crippen LogP contribution in [0.25, 0.3) is 11.3 Å². The van der Waals surface area contributed by atoms with E-state index >= 15 is 0 Å². The first kappa shape index (κ1) is 17.5. The van der Waals surface area contributed by atoms with Gasteiger partial charge in [0.15, 0.2) is 0 Å². The molecule has 1 heterocycles. The Hall–Kier alpha value is -3.28. The number of benzene rings is 2. The van der Waals surface area contributed by atoms with Crippen LogP contribution in [0, 0.1) is 5.82 Å². The summed E-state index contributed by atoms with van der Waals surface area (Å²) in [6, 6.07) is 15.5. The molecule has 0 fully saturated rings. The highest BCUT2D eigenvalue weighted by Crippen LogP contribution is 2.18. The molecule has 0 atom stereocenters. The molecule has 0 radical (unpaired) electrons. The topological polar surface area (TPSA) is 70.1 Å². The zero-order valence-corrected chi connectivity index (χ0v) is 14.5. The van der Waals surface area contributed by atoms with Crippen molar-refractivity contribution in [1.29, 1.82) is 0 Å². The lowest BCUT2D eigenvalue weighted by molar-refractivity contribution is 0.0950. The van der Waals surface area contributed by atoms with Crippen molar-refractivity contribution in [2.24, 2.45) is 5.10 Å². The molecular formula is C20H19FN4O. The van der Waals surface area contributed by atoms with Gasteiger partial charge in [-0.2, -0.15) is 10.2 Å². The fourth-order valence-corrected chi connectivity index (χ4v) is 2.40. The lowest BCUT2D eigenvalue weighted by atomic mass is 10.0. The summed E-state index contributed by atoms with van der Waals surface area (Å²) in [5, 5.41) is 10.7. The van der Waals surface area contributed by atoms with E-state index in [0.29, 0.717) is 11.6 Å². The summed E-state index contributed by atoms with van der Waals surface area (Å²) in [6.45, 7) is 4.27. The molecule has 3 aromatic rings. The smallest absolute Gasteiger partial charge is 0.272 e. The number of hydrogen-bond acceptors (Lipinski definition) is 3. The van der Waals surface area contributed by atoms with Crippen LogP contribution in [0.1, 0.15) is 41.4 Å². The van der Waals surface area contributed by atoms with Gasteiger partial charge in [-0.05, 0) is 47.4 Å². The third-order valence-corrected chi connectivity index (χ3v) is 3.95. The van der Waals surface area contributed by atoms with Gasteiger partial charge < -0.3 is 0 Å². The average Bonchev–Trinajstić information content (AvgIpc) is 3.13. The summed E-state index contributed by atoms with van der Waals surface area (Å²) in [5.74, 6) is -0.254. The van der Waals surface area contributed by atoms with Crippen molar-refractivity contribution in [3.63, 3.8) is 0 Å². The van der Waals surface area contributed by atoms with Gasteiger partial charge in [0.05, 0.1) is 11.9 Å². The molecule has 0 aliphatic heterocycles. The van der Waals surface area contributed by atoms with Crippen LogP contribution < -0.4 is 5.43 Å². The van der Waals surface area contributed by atoms with Crippen molar-refractivity contribution in [3.05, 3.63) is 77.2 Å². The summed E-state index contributed by atoms with van der Waals surface area (Å²) in [6.07, 6.45) is 1.58. The van der Waals surface area contributed by atoms with Crippen LogP contribution in [0.4, 0.5) is 4.39 Å². The third kappa shape index (κ3) is 4.22. The van der Waals surface area contributed by atoms with Gasteiger partial charge in [-0.15, -0.1) is 0 Å². The number of aromatic nitrogens is 2. The fraction of sp³-hybridized carbons (Fsp3) is 0.150. The highest BCUT2D eigenvalue weighted by atomic mass is 19.1. The van der Waals surface area contributed by atoms with Crippen LogP contribution >= 0.6 is 0 Å². The molecule has 2 N–H and O–H groups in total. The lowest BCUT2D eigenvalue weighted by Gasteiger charge is -2.04. The van der Waals surface area contributed by atoms with E-state index in [1.807, 2.05) is 24.3 Å². The summed E-state index contributed by atoms with van der Waals surface area (Å²) in [4.78, 5) is 12.1. The first-order valence-corrected chi connectivity index (χ1v) is 8.27. The average molecular weight is 350 g/mol. The van der Waals surface area contributed by atoms with Crippen LogP contribution in [0.3, 0.4) is 0 Å². The molecule has 0 saturated carbocycles. The van der Waals surface area contributed by atoms with E-state index in [1.165, 1.54) is 17.7 Å². The minimum atomic E-state index is -0.402. The van der Waals surface area contributed by atoms with E-state index in [-0.39, 0.29) is 11.5 Å². The number of hydrogen-bond donors (Lipinski definition) is 2. The highest BCUT2D eigenvalue weighted by molar-refractivity contribution is 5.94. The van der Waals surface area contributed by atoms with Crippen LogP contribution in [0.5, 0.6) is 0 Å². The van der Waals surface area contributed by atoms with Crippen molar-refractivity contribution in [1.82, 2.24) is 15.6 Å². The predicted molar refractivity (Wildman–Crippen MR) is 99.6 cm³/mol. The Balaban J connectivity index is 1.62. The van der Waals surface area contributed by atoms with Crippen LogP contribution in [-0.2, 0) is 0 Å². The number of halogens is 1. The summed E-state index contributed by atoms with van der Waals surface area (Å²) in [7, 11) is 0. The molecule has 1 aromatic heterocycles. The minimum Gasteiger partial charge on any atom is -0.272 e. The Kier molecular flexibility index (Phi) is 5.22. The highest BCUT2D eigenvalue weighted by Gasteiger charge is 2.10. The number of nitrogens with zero attached hydrogens (tertiary/aromatic N) is 2. The third-order valence-electron chi connectivity index (χ3n) is 3.95. The Bertz CT molecular complexity index is 912. The Labute approximate surface area is 151 Å². The van der Waals surface area contributed by atoms with Gasteiger partial charge in [0.25, 0.3) is 5.91 Å². The normalized spacial score (nSPS) is 11.2. The van der Waals surface area contributed by atoms with E-state index < -0.39 is 5.91 Å². The molecule has 1 amide bonds. The zero-order valence-electron chi connectivity index (χ0n) is 14.5. The number of hydrazone groups is 1. The van der Waals surface area contributed by atoms with Gasteiger partial charge in [-0.1, -0.05) is 38.1 Å². The molecule has 132 valence electrons. The fourth-order valence-electron chi connectivity index (χ4n) is 2.40. The van der Waals surface area contributed by atoms with E-state index in [1.54, 1.807) is 24.4 Å². The molecule has 3 rings (SSSR count). The van der Waals surface area contributed by atoms with Crippen molar-refractivity contribution in [2.75, 3.05) is 0 Å². The van der Waals surface area contributed by atoms with E-state index in [4.69, 9.17) is 0 Å². The van der Waals surface area contributed by atoms with E-state index in [9.17, 15) is 9.18 Å². The number of carbonyl (C=O) groups excluding carboxylic acids is 1. The molecule has 0 aliphatic rings. The quantitative estimate of drug-likeness (QED) is 0.537. The minimum absolute atomic E-state index is 0.275. The predicted octanol–water partition coefficient (Wildman–Crippen LogP) is 4.10. The maximum Gasteiger partial charge on any atom is 0.289 e. The van der Waals surface area contributed by atoms with Gasteiger partial charge in [-0.25, -0.2) is 9.82 Å². The number of aromatic amines is 1. The van der Waals surface area contributed by atoms with Crippen molar-refractivity contribution >= 4 is 12.1 Å².